The predicted molar refractivity (Wildman–Crippen MR) is 184 cm³/mol. The standard InChI is InChI=1S/C38H33N7O3/c39-35-31(7-4-16-40-35)36-42-33-14-13-32(25-5-2-1-3-6-25)41-37(33)45(36)30-11-8-24(9-12-30)18-43-19-28-21-44(22-29(28)20-43)38(48)26-10-15-34(47)27(17-26)23-46/h1-17,23,28-29,47H,18-22H2,(H2,39,40). The van der Waals surface area contributed by atoms with Gasteiger partial charge >= 0.3 is 0 Å². The summed E-state index contributed by atoms with van der Waals surface area (Å²) >= 11 is 0. The number of nitrogen functional groups attached to an aromatic ring is 1. The molecule has 238 valence electrons. The summed E-state index contributed by atoms with van der Waals surface area (Å²) in [7, 11) is 0. The number of hydrogen-bond acceptors (Lipinski definition) is 8. The summed E-state index contributed by atoms with van der Waals surface area (Å²) in [6, 6.07) is 30.8. The molecule has 10 nitrogen and oxygen atoms in total. The second kappa shape index (κ2) is 12.1. The molecule has 2 aliphatic rings. The van der Waals surface area contributed by atoms with Crippen LogP contribution in [0.4, 0.5) is 5.82 Å². The molecule has 0 bridgehead atoms. The van der Waals surface area contributed by atoms with Gasteiger partial charge in [-0.2, -0.15) is 0 Å². The molecule has 10 heteroatoms. The van der Waals surface area contributed by atoms with E-state index in [0.29, 0.717) is 48.4 Å². The van der Waals surface area contributed by atoms with Crippen molar-refractivity contribution in [1.82, 2.24) is 29.3 Å². The molecular formula is C38H33N7O3. The molecule has 3 N–H and O–H groups in total. The Bertz CT molecular complexity index is 2150. The van der Waals surface area contributed by atoms with Crippen LogP contribution in [0.5, 0.6) is 5.75 Å². The molecule has 8 rings (SSSR count). The molecule has 5 heterocycles. The molecule has 48 heavy (non-hydrogen) atoms. The number of fused-ring (bicyclic) bond motifs is 2. The number of carbonyl (C=O) groups is 2. The maximum absolute atomic E-state index is 13.2. The van der Waals surface area contributed by atoms with Gasteiger partial charge in [0.05, 0.1) is 16.8 Å². The zero-order valence-electron chi connectivity index (χ0n) is 26.1. The molecule has 3 aromatic carbocycles. The van der Waals surface area contributed by atoms with Crippen molar-refractivity contribution in [1.29, 1.82) is 0 Å². The number of benzene rings is 3. The van der Waals surface area contributed by atoms with E-state index in [9.17, 15) is 14.7 Å². The van der Waals surface area contributed by atoms with Crippen LogP contribution in [0.15, 0.2) is 103 Å². The third-order valence-electron chi connectivity index (χ3n) is 9.50. The van der Waals surface area contributed by atoms with Crippen molar-refractivity contribution in [3.05, 3.63) is 120 Å². The minimum atomic E-state index is -0.116. The quantitative estimate of drug-likeness (QED) is 0.222. The normalized spacial score (nSPS) is 17.5. The number of anilines is 1. The first-order valence-corrected chi connectivity index (χ1v) is 16.0. The lowest BCUT2D eigenvalue weighted by molar-refractivity contribution is 0.0773. The molecule has 2 aliphatic heterocycles. The van der Waals surface area contributed by atoms with Crippen molar-refractivity contribution < 1.29 is 14.7 Å². The first-order chi connectivity index (χ1) is 23.4. The van der Waals surface area contributed by atoms with E-state index in [1.807, 2.05) is 59.5 Å². The zero-order valence-corrected chi connectivity index (χ0v) is 26.1. The number of pyridine rings is 2. The van der Waals surface area contributed by atoms with Gasteiger partial charge in [-0.1, -0.05) is 42.5 Å². The number of rotatable bonds is 7. The summed E-state index contributed by atoms with van der Waals surface area (Å²) in [5, 5.41) is 9.81. The van der Waals surface area contributed by atoms with E-state index in [0.717, 1.165) is 53.3 Å². The lowest BCUT2D eigenvalue weighted by Gasteiger charge is -2.22. The number of aromatic nitrogens is 4. The number of imidazole rings is 1. The van der Waals surface area contributed by atoms with E-state index >= 15 is 0 Å². The average molecular weight is 636 g/mol. The summed E-state index contributed by atoms with van der Waals surface area (Å²) in [5.74, 6) is 1.66. The number of nitrogens with two attached hydrogens (primary N) is 1. The van der Waals surface area contributed by atoms with E-state index in [2.05, 4.69) is 38.7 Å². The van der Waals surface area contributed by atoms with Crippen LogP contribution in [0.3, 0.4) is 0 Å². The molecule has 6 aromatic rings. The largest absolute Gasteiger partial charge is 0.507 e. The minimum Gasteiger partial charge on any atom is -0.507 e. The molecule has 0 saturated carbocycles. The Labute approximate surface area is 277 Å². The fraction of sp³-hybridized carbons (Fsp3) is 0.184. The fourth-order valence-electron chi connectivity index (χ4n) is 7.12. The molecule has 0 radical (unpaired) electrons. The number of hydrogen-bond donors (Lipinski definition) is 2. The van der Waals surface area contributed by atoms with Crippen molar-refractivity contribution in [3.8, 4) is 34.1 Å². The van der Waals surface area contributed by atoms with Gasteiger partial charge in [-0.3, -0.25) is 19.1 Å². The average Bonchev–Trinajstić information content (AvgIpc) is 3.81. The third kappa shape index (κ3) is 5.35. The lowest BCUT2D eigenvalue weighted by atomic mass is 10.0. The first-order valence-electron chi connectivity index (χ1n) is 16.0. The number of amides is 1. The second-order valence-electron chi connectivity index (χ2n) is 12.6. The van der Waals surface area contributed by atoms with Crippen LogP contribution in [0.1, 0.15) is 26.3 Å². The highest BCUT2D eigenvalue weighted by molar-refractivity contribution is 5.96. The smallest absolute Gasteiger partial charge is 0.253 e. The summed E-state index contributed by atoms with van der Waals surface area (Å²) in [6.07, 6.45) is 2.25. The van der Waals surface area contributed by atoms with E-state index in [4.69, 9.17) is 15.7 Å². The zero-order chi connectivity index (χ0) is 32.8. The molecule has 2 unspecified atom stereocenters. The number of phenolic OH excluding ortho intramolecular Hbond substituents is 1. The van der Waals surface area contributed by atoms with Crippen LogP contribution < -0.4 is 5.73 Å². The summed E-state index contributed by atoms with van der Waals surface area (Å²) in [5.41, 5.74) is 13.2. The van der Waals surface area contributed by atoms with Gasteiger partial charge in [-0.05, 0) is 72.0 Å². The number of aldehydes is 1. The van der Waals surface area contributed by atoms with E-state index in [-0.39, 0.29) is 17.2 Å². The Kier molecular flexibility index (Phi) is 7.41. The van der Waals surface area contributed by atoms with Crippen LogP contribution in [0.2, 0.25) is 0 Å². The molecule has 0 aliphatic carbocycles. The molecule has 2 fully saturated rings. The lowest BCUT2D eigenvalue weighted by Crippen LogP contribution is -2.33. The minimum absolute atomic E-state index is 0.0977. The van der Waals surface area contributed by atoms with Crippen LogP contribution in [0, 0.1) is 11.8 Å². The van der Waals surface area contributed by atoms with Crippen molar-refractivity contribution in [2.45, 2.75) is 6.54 Å². The monoisotopic (exact) mass is 635 g/mol. The molecule has 0 spiro atoms. The highest BCUT2D eigenvalue weighted by Gasteiger charge is 2.41. The van der Waals surface area contributed by atoms with Gasteiger partial charge in [-0.25, -0.2) is 15.0 Å². The van der Waals surface area contributed by atoms with Crippen molar-refractivity contribution >= 4 is 29.2 Å². The Morgan fingerprint density at radius 3 is 2.38 bits per heavy atom. The summed E-state index contributed by atoms with van der Waals surface area (Å²) in [6.45, 7) is 4.00. The Balaban J connectivity index is 1.02. The SMILES string of the molecule is Nc1ncccc1-c1nc2ccc(-c3ccccc3)nc2n1-c1ccc(CN2CC3CN(C(=O)c4ccc(O)c(C=O)c4)CC3C2)cc1. The van der Waals surface area contributed by atoms with Crippen molar-refractivity contribution in [2.75, 3.05) is 31.9 Å². The van der Waals surface area contributed by atoms with Gasteiger partial charge in [0.15, 0.2) is 17.8 Å². The number of nitrogens with zero attached hydrogens (tertiary/aromatic N) is 6. The Morgan fingerprint density at radius 2 is 1.65 bits per heavy atom. The van der Waals surface area contributed by atoms with Crippen LogP contribution in [0.25, 0.3) is 39.5 Å². The maximum atomic E-state index is 13.2. The second-order valence-corrected chi connectivity index (χ2v) is 12.6. The van der Waals surface area contributed by atoms with Gasteiger partial charge in [-0.15, -0.1) is 0 Å². The number of likely N-dealkylation sites (tertiary alicyclic amines) is 2. The van der Waals surface area contributed by atoms with Gasteiger partial charge < -0.3 is 15.7 Å². The highest BCUT2D eigenvalue weighted by Crippen LogP contribution is 2.34. The van der Waals surface area contributed by atoms with Crippen LogP contribution in [-0.2, 0) is 6.54 Å². The van der Waals surface area contributed by atoms with Gasteiger partial charge in [0, 0.05) is 55.7 Å². The molecule has 3 aromatic heterocycles. The van der Waals surface area contributed by atoms with E-state index in [1.54, 1.807) is 12.3 Å². The van der Waals surface area contributed by atoms with Crippen LogP contribution in [-0.4, -0.2) is 72.8 Å². The third-order valence-corrected chi connectivity index (χ3v) is 9.50. The number of phenols is 1. The topological polar surface area (TPSA) is 130 Å². The van der Waals surface area contributed by atoms with Crippen LogP contribution >= 0.6 is 0 Å². The summed E-state index contributed by atoms with van der Waals surface area (Å²) < 4.78 is 2.05. The van der Waals surface area contributed by atoms with Crippen molar-refractivity contribution in [2.24, 2.45) is 11.8 Å². The highest BCUT2D eigenvalue weighted by atomic mass is 16.3. The number of carbonyl (C=O) groups excluding carboxylic acids is 2. The van der Waals surface area contributed by atoms with Gasteiger partial charge in [0.25, 0.3) is 5.91 Å². The van der Waals surface area contributed by atoms with E-state index in [1.165, 1.54) is 17.7 Å². The van der Waals surface area contributed by atoms with E-state index < -0.39 is 0 Å². The molecular weight excluding hydrogens is 602 g/mol. The number of aromatic hydroxyl groups is 1. The Hall–Kier alpha value is -5.87. The molecule has 2 atom stereocenters. The first kappa shape index (κ1) is 29.5. The fourth-order valence-corrected chi connectivity index (χ4v) is 7.12. The van der Waals surface area contributed by atoms with Gasteiger partial charge in [0.2, 0.25) is 0 Å². The maximum Gasteiger partial charge on any atom is 0.253 e. The molecule has 1 amide bonds. The predicted octanol–water partition coefficient (Wildman–Crippen LogP) is 5.45. The van der Waals surface area contributed by atoms with Gasteiger partial charge in [0.1, 0.15) is 17.1 Å². The Morgan fingerprint density at radius 1 is 0.875 bits per heavy atom. The van der Waals surface area contributed by atoms with Crippen molar-refractivity contribution in [3.63, 3.8) is 0 Å². The summed E-state index contributed by atoms with van der Waals surface area (Å²) in [4.78, 5) is 43.1. The molecule has 2 saturated heterocycles.